The first-order chi connectivity index (χ1) is 12.0. The normalized spacial score (nSPS) is 13.8. The van der Waals surface area contributed by atoms with E-state index in [1.807, 2.05) is 18.2 Å². The number of hydrogen-bond donors (Lipinski definition) is 3. The number of carboxylic acids is 1. The van der Waals surface area contributed by atoms with E-state index in [1.165, 1.54) is 11.1 Å². The smallest absolute Gasteiger partial charge is 0.300 e. The van der Waals surface area contributed by atoms with Gasteiger partial charge in [-0.25, -0.2) is 0 Å². The van der Waals surface area contributed by atoms with Crippen LogP contribution in [0.2, 0.25) is 5.02 Å². The van der Waals surface area contributed by atoms with E-state index >= 15 is 0 Å². The van der Waals surface area contributed by atoms with Gasteiger partial charge in [0, 0.05) is 18.5 Å². The monoisotopic (exact) mass is 359 g/mol. The lowest BCUT2D eigenvalue weighted by molar-refractivity contribution is -0.134. The van der Waals surface area contributed by atoms with E-state index in [1.54, 1.807) is 0 Å². The van der Waals surface area contributed by atoms with Gasteiger partial charge in [0.2, 0.25) is 0 Å². The lowest BCUT2D eigenvalue weighted by Gasteiger charge is -2.20. The number of carbonyl (C=O) groups is 1. The summed E-state index contributed by atoms with van der Waals surface area (Å²) in [4.78, 5) is 13.4. The number of benzene rings is 2. The van der Waals surface area contributed by atoms with Gasteiger partial charge in [0.15, 0.2) is 5.96 Å². The maximum Gasteiger partial charge on any atom is 0.300 e. The summed E-state index contributed by atoms with van der Waals surface area (Å²) in [5, 5.41) is 15.0. The third kappa shape index (κ3) is 6.85. The van der Waals surface area contributed by atoms with Crippen LogP contribution in [0, 0.1) is 0 Å². The molecule has 2 aromatic carbocycles. The van der Waals surface area contributed by atoms with Crippen molar-refractivity contribution in [1.29, 1.82) is 0 Å². The lowest BCUT2D eigenvalue weighted by atomic mass is 9.99. The second-order valence-corrected chi connectivity index (χ2v) is 6.05. The highest BCUT2D eigenvalue weighted by atomic mass is 35.5. The lowest BCUT2D eigenvalue weighted by Crippen LogP contribution is -2.37. The molecule has 0 aliphatic carbocycles. The molecule has 132 valence electrons. The van der Waals surface area contributed by atoms with Crippen LogP contribution >= 0.6 is 11.6 Å². The van der Waals surface area contributed by atoms with Crippen LogP contribution in [0.3, 0.4) is 0 Å². The van der Waals surface area contributed by atoms with Gasteiger partial charge in [0.05, 0.1) is 12.6 Å². The van der Waals surface area contributed by atoms with Crippen molar-refractivity contribution in [2.24, 2.45) is 4.99 Å². The number of halogens is 1. The molecule has 0 radical (unpaired) electrons. The zero-order chi connectivity index (χ0) is 18.1. The van der Waals surface area contributed by atoms with Crippen LogP contribution in [-0.2, 0) is 11.2 Å². The van der Waals surface area contributed by atoms with E-state index in [0.29, 0.717) is 0 Å². The highest BCUT2D eigenvalue weighted by Gasteiger charge is 2.15. The third-order valence-electron chi connectivity index (χ3n) is 3.54. The van der Waals surface area contributed by atoms with E-state index in [4.69, 9.17) is 21.5 Å². The molecular weight excluding hydrogens is 338 g/mol. The van der Waals surface area contributed by atoms with Gasteiger partial charge in [0.25, 0.3) is 5.97 Å². The minimum atomic E-state index is -0.833. The molecule has 3 N–H and O–H groups in total. The molecule has 0 bridgehead atoms. The Morgan fingerprint density at radius 1 is 1.24 bits per heavy atom. The molecule has 1 aliphatic heterocycles. The molecule has 1 heterocycles. The molecule has 0 saturated heterocycles. The Balaban J connectivity index is 0.000000511. The van der Waals surface area contributed by atoms with Gasteiger partial charge in [-0.2, -0.15) is 0 Å². The second-order valence-electron chi connectivity index (χ2n) is 5.61. The third-order valence-corrected chi connectivity index (χ3v) is 3.79. The SMILES string of the molecule is CC(=O)O.Clc1ccc(CC(NC2=NCCN2)c2ccccc2)cc1. The molecule has 6 heteroatoms. The molecule has 1 atom stereocenters. The van der Waals surface area contributed by atoms with Crippen molar-refractivity contribution >= 4 is 23.5 Å². The molecule has 0 saturated carbocycles. The van der Waals surface area contributed by atoms with E-state index in [0.717, 1.165) is 37.4 Å². The predicted molar refractivity (Wildman–Crippen MR) is 101 cm³/mol. The van der Waals surface area contributed by atoms with Crippen LogP contribution in [0.4, 0.5) is 0 Å². The average molecular weight is 360 g/mol. The average Bonchev–Trinajstić information content (AvgIpc) is 3.10. The van der Waals surface area contributed by atoms with Crippen LogP contribution in [-0.4, -0.2) is 30.1 Å². The standard InChI is InChI=1S/C17H18ClN3.C2H4O2/c18-15-8-6-13(7-9-15)12-16(14-4-2-1-3-5-14)21-17-19-10-11-20-17;1-2(3)4/h1-9,16H,10-12H2,(H2,19,20,21);1H3,(H,3,4). The first-order valence-electron chi connectivity index (χ1n) is 8.08. The minimum Gasteiger partial charge on any atom is -0.481 e. The predicted octanol–water partition coefficient (Wildman–Crippen LogP) is 3.26. The summed E-state index contributed by atoms with van der Waals surface area (Å²) >= 11 is 5.96. The number of rotatable bonds is 4. The Bertz CT molecular complexity index is 698. The minimum absolute atomic E-state index is 0.191. The highest BCUT2D eigenvalue weighted by molar-refractivity contribution is 6.30. The molecule has 25 heavy (non-hydrogen) atoms. The van der Waals surface area contributed by atoms with Gasteiger partial charge >= 0.3 is 0 Å². The van der Waals surface area contributed by atoms with Gasteiger partial charge in [-0.15, -0.1) is 0 Å². The molecule has 1 unspecified atom stereocenters. The first-order valence-corrected chi connectivity index (χ1v) is 8.46. The molecule has 0 spiro atoms. The zero-order valence-electron chi connectivity index (χ0n) is 14.1. The van der Waals surface area contributed by atoms with Crippen LogP contribution < -0.4 is 10.6 Å². The quantitative estimate of drug-likeness (QED) is 0.783. The Hall–Kier alpha value is -2.53. The summed E-state index contributed by atoms with van der Waals surface area (Å²) in [6.45, 7) is 2.83. The van der Waals surface area contributed by atoms with E-state index in [-0.39, 0.29) is 6.04 Å². The number of aliphatic carboxylic acids is 1. The molecule has 0 amide bonds. The van der Waals surface area contributed by atoms with Crippen LogP contribution in [0.25, 0.3) is 0 Å². The van der Waals surface area contributed by atoms with Crippen molar-refractivity contribution in [2.45, 2.75) is 19.4 Å². The molecule has 1 aliphatic rings. The maximum atomic E-state index is 9.00. The summed E-state index contributed by atoms with van der Waals surface area (Å²) in [5.41, 5.74) is 2.50. The fraction of sp³-hybridized carbons (Fsp3) is 0.263. The van der Waals surface area contributed by atoms with Crippen LogP contribution in [0.1, 0.15) is 24.1 Å². The van der Waals surface area contributed by atoms with Gasteiger partial charge in [-0.3, -0.25) is 9.79 Å². The molecule has 2 aromatic rings. The fourth-order valence-electron chi connectivity index (χ4n) is 2.45. The summed E-state index contributed by atoms with van der Waals surface area (Å²) < 4.78 is 0. The Labute approximate surface area is 152 Å². The van der Waals surface area contributed by atoms with Gasteiger partial charge < -0.3 is 15.7 Å². The Kier molecular flexibility index (Phi) is 7.29. The van der Waals surface area contributed by atoms with Crippen molar-refractivity contribution in [3.8, 4) is 0 Å². The zero-order valence-corrected chi connectivity index (χ0v) is 14.8. The van der Waals surface area contributed by atoms with Crippen molar-refractivity contribution in [3.63, 3.8) is 0 Å². The first kappa shape index (κ1) is 18.8. The number of guanidine groups is 1. The number of nitrogens with one attached hydrogen (secondary N) is 2. The van der Waals surface area contributed by atoms with Gasteiger partial charge in [-0.05, 0) is 29.7 Å². The second kappa shape index (κ2) is 9.69. The number of nitrogens with zero attached hydrogens (tertiary/aromatic N) is 1. The fourth-order valence-corrected chi connectivity index (χ4v) is 2.58. The highest BCUT2D eigenvalue weighted by Crippen LogP contribution is 2.20. The van der Waals surface area contributed by atoms with Crippen molar-refractivity contribution in [1.82, 2.24) is 10.6 Å². The summed E-state index contributed by atoms with van der Waals surface area (Å²) in [5.74, 6) is 0.0535. The summed E-state index contributed by atoms with van der Waals surface area (Å²) in [6, 6.07) is 18.7. The topological polar surface area (TPSA) is 73.7 Å². The number of carboxylic acid groups (broad SMARTS) is 1. The number of aliphatic imine (C=N–C) groups is 1. The summed E-state index contributed by atoms with van der Waals surface area (Å²) in [6.07, 6.45) is 0.891. The van der Waals surface area contributed by atoms with Crippen molar-refractivity contribution in [3.05, 3.63) is 70.7 Å². The Morgan fingerprint density at radius 3 is 2.44 bits per heavy atom. The molecule has 5 nitrogen and oxygen atoms in total. The molecule has 0 aromatic heterocycles. The Morgan fingerprint density at radius 2 is 1.88 bits per heavy atom. The van der Waals surface area contributed by atoms with Crippen molar-refractivity contribution in [2.75, 3.05) is 13.1 Å². The summed E-state index contributed by atoms with van der Waals surface area (Å²) in [7, 11) is 0. The van der Waals surface area contributed by atoms with E-state index in [9.17, 15) is 0 Å². The number of hydrogen-bond acceptors (Lipinski definition) is 4. The van der Waals surface area contributed by atoms with E-state index in [2.05, 4.69) is 52.0 Å². The van der Waals surface area contributed by atoms with Crippen molar-refractivity contribution < 1.29 is 9.90 Å². The molecular formula is C19H22ClN3O2. The van der Waals surface area contributed by atoms with Gasteiger partial charge in [0.1, 0.15) is 0 Å². The van der Waals surface area contributed by atoms with E-state index < -0.39 is 5.97 Å². The molecule has 3 rings (SSSR count). The van der Waals surface area contributed by atoms with Gasteiger partial charge in [-0.1, -0.05) is 54.1 Å². The molecule has 0 fully saturated rings. The van der Waals surface area contributed by atoms with Crippen LogP contribution in [0.5, 0.6) is 0 Å². The maximum absolute atomic E-state index is 9.00. The van der Waals surface area contributed by atoms with Crippen LogP contribution in [0.15, 0.2) is 59.6 Å². The largest absolute Gasteiger partial charge is 0.481 e.